The van der Waals surface area contributed by atoms with Gasteiger partial charge in [0.1, 0.15) is 5.75 Å². The minimum atomic E-state index is -0.191. The molecule has 0 aromatic heterocycles. The van der Waals surface area contributed by atoms with Crippen LogP contribution in [0.2, 0.25) is 0 Å². The number of benzene rings is 1. The minimum absolute atomic E-state index is 0.0189. The smallest absolute Gasteiger partial charge is 0.223 e. The predicted octanol–water partition coefficient (Wildman–Crippen LogP) is 2.74. The van der Waals surface area contributed by atoms with Gasteiger partial charge in [0.05, 0.1) is 19.1 Å². The molecule has 1 aromatic carbocycles. The fraction of sp³-hybridized carbons (Fsp3) is 0.611. The van der Waals surface area contributed by atoms with Gasteiger partial charge in [-0.15, -0.1) is 0 Å². The van der Waals surface area contributed by atoms with Gasteiger partial charge in [-0.1, -0.05) is 18.6 Å². The van der Waals surface area contributed by atoms with Gasteiger partial charge in [-0.3, -0.25) is 4.79 Å². The summed E-state index contributed by atoms with van der Waals surface area (Å²) in [6.45, 7) is 5.13. The minimum Gasteiger partial charge on any atom is -0.493 e. The first-order chi connectivity index (χ1) is 10.6. The first-order valence-corrected chi connectivity index (χ1v) is 8.20. The van der Waals surface area contributed by atoms with Crippen LogP contribution in [0.3, 0.4) is 0 Å². The summed E-state index contributed by atoms with van der Waals surface area (Å²) in [4.78, 5) is 11.9. The molecule has 1 aromatic rings. The molecule has 2 atom stereocenters. The van der Waals surface area contributed by atoms with Gasteiger partial charge in [-0.2, -0.15) is 0 Å². The van der Waals surface area contributed by atoms with Crippen molar-refractivity contribution in [3.8, 4) is 5.75 Å². The third-order valence-electron chi connectivity index (χ3n) is 4.48. The van der Waals surface area contributed by atoms with Gasteiger partial charge in [0.15, 0.2) is 0 Å². The molecule has 0 heterocycles. The van der Waals surface area contributed by atoms with Crippen LogP contribution in [0.25, 0.3) is 0 Å². The molecule has 4 heteroatoms. The normalized spacial score (nSPS) is 21.4. The number of aliphatic hydroxyl groups excluding tert-OH is 1. The van der Waals surface area contributed by atoms with Gasteiger partial charge in [0.2, 0.25) is 5.91 Å². The van der Waals surface area contributed by atoms with Crippen LogP contribution in [-0.2, 0) is 4.79 Å². The predicted molar refractivity (Wildman–Crippen MR) is 87.0 cm³/mol. The highest BCUT2D eigenvalue weighted by Crippen LogP contribution is 2.23. The van der Waals surface area contributed by atoms with E-state index in [0.29, 0.717) is 25.5 Å². The number of hydrogen-bond acceptors (Lipinski definition) is 3. The Morgan fingerprint density at radius 2 is 2.18 bits per heavy atom. The Labute approximate surface area is 132 Å². The van der Waals surface area contributed by atoms with Crippen LogP contribution in [0, 0.1) is 19.8 Å². The van der Waals surface area contributed by atoms with E-state index in [1.807, 2.05) is 32.0 Å². The van der Waals surface area contributed by atoms with Gasteiger partial charge < -0.3 is 15.2 Å². The number of amides is 1. The molecule has 1 amide bonds. The van der Waals surface area contributed by atoms with Crippen molar-refractivity contribution in [1.29, 1.82) is 0 Å². The Kier molecular flexibility index (Phi) is 6.25. The fourth-order valence-corrected chi connectivity index (χ4v) is 2.93. The van der Waals surface area contributed by atoms with Crippen LogP contribution >= 0.6 is 0 Å². The Morgan fingerprint density at radius 3 is 2.95 bits per heavy atom. The number of aliphatic hydroxyl groups is 1. The second kappa shape index (κ2) is 8.18. The fourth-order valence-electron chi connectivity index (χ4n) is 2.93. The highest BCUT2D eigenvalue weighted by atomic mass is 16.5. The molecule has 0 bridgehead atoms. The molecule has 0 spiro atoms. The second-order valence-corrected chi connectivity index (χ2v) is 6.29. The Morgan fingerprint density at radius 1 is 1.36 bits per heavy atom. The molecule has 0 saturated heterocycles. The molecule has 0 aliphatic heterocycles. The number of aryl methyl sites for hydroxylation is 1. The highest BCUT2D eigenvalue weighted by Gasteiger charge is 2.20. The Bertz CT molecular complexity index is 501. The van der Waals surface area contributed by atoms with Gasteiger partial charge in [0.25, 0.3) is 0 Å². The summed E-state index contributed by atoms with van der Waals surface area (Å²) in [6.07, 6.45) is 4.02. The molecule has 4 nitrogen and oxygen atoms in total. The van der Waals surface area contributed by atoms with Gasteiger partial charge >= 0.3 is 0 Å². The lowest BCUT2D eigenvalue weighted by molar-refractivity contribution is -0.121. The molecule has 122 valence electrons. The van der Waals surface area contributed by atoms with Crippen molar-refractivity contribution in [3.05, 3.63) is 29.3 Å². The zero-order valence-electron chi connectivity index (χ0n) is 13.6. The van der Waals surface area contributed by atoms with Crippen molar-refractivity contribution < 1.29 is 14.6 Å². The van der Waals surface area contributed by atoms with Crippen LogP contribution < -0.4 is 10.1 Å². The molecule has 2 N–H and O–H groups in total. The second-order valence-electron chi connectivity index (χ2n) is 6.29. The summed E-state index contributed by atoms with van der Waals surface area (Å²) in [5.74, 6) is 1.28. The van der Waals surface area contributed by atoms with Crippen molar-refractivity contribution >= 4 is 5.91 Å². The molecule has 0 radical (unpaired) electrons. The first kappa shape index (κ1) is 16.8. The summed E-state index contributed by atoms with van der Waals surface area (Å²) in [5.41, 5.74) is 2.32. The lowest BCUT2D eigenvalue weighted by Gasteiger charge is -2.25. The summed E-state index contributed by atoms with van der Waals surface area (Å²) in [7, 11) is 0. The number of carbonyl (C=O) groups is 1. The maximum atomic E-state index is 11.9. The van der Waals surface area contributed by atoms with E-state index in [1.165, 1.54) is 5.56 Å². The van der Waals surface area contributed by atoms with Crippen LogP contribution in [0.1, 0.15) is 43.2 Å². The van der Waals surface area contributed by atoms with Crippen LogP contribution in [0.15, 0.2) is 18.2 Å². The molecule has 1 aliphatic rings. The van der Waals surface area contributed by atoms with Crippen molar-refractivity contribution in [2.45, 2.75) is 52.1 Å². The third-order valence-corrected chi connectivity index (χ3v) is 4.48. The van der Waals surface area contributed by atoms with Crippen molar-refractivity contribution in [2.24, 2.45) is 5.92 Å². The van der Waals surface area contributed by atoms with E-state index < -0.39 is 0 Å². The van der Waals surface area contributed by atoms with E-state index in [4.69, 9.17) is 4.74 Å². The van der Waals surface area contributed by atoms with Crippen molar-refractivity contribution in [3.63, 3.8) is 0 Å². The summed E-state index contributed by atoms with van der Waals surface area (Å²) in [5, 5.41) is 12.6. The standard InChI is InChI=1S/C18H27NO3/c1-13-5-3-8-17(14(13)2)22-10-9-18(21)19-12-15-6-4-7-16(20)11-15/h3,5,8,15-16,20H,4,6-7,9-12H2,1-2H3,(H,19,21). The maximum absolute atomic E-state index is 11.9. The van der Waals surface area contributed by atoms with E-state index in [2.05, 4.69) is 5.32 Å². The molecule has 2 unspecified atom stereocenters. The van der Waals surface area contributed by atoms with E-state index >= 15 is 0 Å². The van der Waals surface area contributed by atoms with Crippen LogP contribution in [0.4, 0.5) is 0 Å². The number of hydrogen-bond donors (Lipinski definition) is 2. The average molecular weight is 305 g/mol. The van der Waals surface area contributed by atoms with Crippen LogP contribution in [-0.4, -0.2) is 30.3 Å². The zero-order chi connectivity index (χ0) is 15.9. The summed E-state index contributed by atoms with van der Waals surface area (Å²) < 4.78 is 5.70. The molecule has 22 heavy (non-hydrogen) atoms. The molecular formula is C18H27NO3. The Balaban J connectivity index is 1.66. The average Bonchev–Trinajstić information content (AvgIpc) is 2.49. The van der Waals surface area contributed by atoms with Crippen molar-refractivity contribution in [1.82, 2.24) is 5.32 Å². The molecule has 1 saturated carbocycles. The summed E-state index contributed by atoms with van der Waals surface area (Å²) in [6, 6.07) is 5.95. The molecule has 1 fully saturated rings. The van der Waals surface area contributed by atoms with Crippen LogP contribution in [0.5, 0.6) is 5.75 Å². The SMILES string of the molecule is Cc1cccc(OCCC(=O)NCC2CCCC(O)C2)c1C. The molecule has 1 aliphatic carbocycles. The van der Waals surface area contributed by atoms with E-state index in [9.17, 15) is 9.90 Å². The Hall–Kier alpha value is -1.55. The third kappa shape index (κ3) is 5.02. The van der Waals surface area contributed by atoms with Gasteiger partial charge in [0, 0.05) is 6.54 Å². The molecular weight excluding hydrogens is 278 g/mol. The lowest BCUT2D eigenvalue weighted by Crippen LogP contribution is -2.33. The molecule has 2 rings (SSSR count). The zero-order valence-corrected chi connectivity index (χ0v) is 13.6. The lowest BCUT2D eigenvalue weighted by atomic mass is 9.87. The van der Waals surface area contributed by atoms with E-state index in [1.54, 1.807) is 0 Å². The summed E-state index contributed by atoms with van der Waals surface area (Å²) >= 11 is 0. The van der Waals surface area contributed by atoms with Crippen molar-refractivity contribution in [2.75, 3.05) is 13.2 Å². The topological polar surface area (TPSA) is 58.6 Å². The van der Waals surface area contributed by atoms with Gasteiger partial charge in [-0.05, 0) is 56.2 Å². The number of carbonyl (C=O) groups excluding carboxylic acids is 1. The maximum Gasteiger partial charge on any atom is 0.223 e. The number of rotatable bonds is 6. The monoisotopic (exact) mass is 305 g/mol. The van der Waals surface area contributed by atoms with Gasteiger partial charge in [-0.25, -0.2) is 0 Å². The quantitative estimate of drug-likeness (QED) is 0.849. The van der Waals surface area contributed by atoms with E-state index in [0.717, 1.165) is 37.0 Å². The number of ether oxygens (including phenoxy) is 1. The largest absolute Gasteiger partial charge is 0.493 e. The number of nitrogens with one attached hydrogen (secondary N) is 1. The first-order valence-electron chi connectivity index (χ1n) is 8.20. The van der Waals surface area contributed by atoms with E-state index in [-0.39, 0.29) is 12.0 Å². The highest BCUT2D eigenvalue weighted by molar-refractivity contribution is 5.76.